The Morgan fingerprint density at radius 1 is 1.15 bits per heavy atom. The second-order valence-electron chi connectivity index (χ2n) is 10.1. The number of primary amides is 1. The van der Waals surface area contributed by atoms with Gasteiger partial charge in [-0.25, -0.2) is 9.78 Å². The van der Waals surface area contributed by atoms with E-state index in [-0.39, 0.29) is 31.7 Å². The fourth-order valence-corrected chi connectivity index (χ4v) is 4.42. The van der Waals surface area contributed by atoms with E-state index in [4.69, 9.17) is 11.5 Å². The Labute approximate surface area is 232 Å². The van der Waals surface area contributed by atoms with Crippen LogP contribution < -0.4 is 27.4 Å². The van der Waals surface area contributed by atoms with Crippen LogP contribution >= 0.6 is 0 Å². The third kappa shape index (κ3) is 9.03. The Kier molecular flexibility index (Phi) is 12.0. The predicted molar refractivity (Wildman–Crippen MR) is 142 cm³/mol. The minimum Gasteiger partial charge on any atom is -0.480 e. The number of imidazole rings is 1. The summed E-state index contributed by atoms with van der Waals surface area (Å²) in [6.45, 7) is 5.22. The van der Waals surface area contributed by atoms with Crippen molar-refractivity contribution in [1.82, 2.24) is 30.8 Å². The molecule has 1 aromatic heterocycles. The molecule has 0 aromatic carbocycles. The smallest absolute Gasteiger partial charge is 0.326 e. The van der Waals surface area contributed by atoms with Crippen molar-refractivity contribution in [2.45, 2.75) is 89.5 Å². The molecule has 9 N–H and O–H groups in total. The van der Waals surface area contributed by atoms with Gasteiger partial charge >= 0.3 is 5.97 Å². The largest absolute Gasteiger partial charge is 0.480 e. The maximum Gasteiger partial charge on any atom is 0.326 e. The highest BCUT2D eigenvalue weighted by Crippen LogP contribution is 2.20. The summed E-state index contributed by atoms with van der Waals surface area (Å²) in [5.41, 5.74) is 11.8. The molecule has 40 heavy (non-hydrogen) atoms. The normalized spacial score (nSPS) is 18.6. The van der Waals surface area contributed by atoms with Crippen LogP contribution in [0.3, 0.4) is 0 Å². The number of carboxylic acids is 1. The van der Waals surface area contributed by atoms with Crippen LogP contribution in [0.2, 0.25) is 0 Å². The maximum absolute atomic E-state index is 13.2. The van der Waals surface area contributed by atoms with E-state index in [1.807, 2.05) is 6.92 Å². The van der Waals surface area contributed by atoms with E-state index in [2.05, 4.69) is 25.9 Å². The van der Waals surface area contributed by atoms with E-state index >= 15 is 0 Å². The van der Waals surface area contributed by atoms with Gasteiger partial charge in [0.1, 0.15) is 24.2 Å². The molecule has 15 heteroatoms. The molecule has 0 unspecified atom stereocenters. The number of hydrogen-bond acceptors (Lipinski definition) is 8. The number of carboxylic acid groups (broad SMARTS) is 1. The van der Waals surface area contributed by atoms with Crippen LogP contribution in [0.25, 0.3) is 0 Å². The molecule has 0 bridgehead atoms. The van der Waals surface area contributed by atoms with Crippen LogP contribution in [-0.2, 0) is 35.2 Å². The topological polar surface area (TPSA) is 243 Å². The van der Waals surface area contributed by atoms with Gasteiger partial charge in [-0.3, -0.25) is 24.0 Å². The maximum atomic E-state index is 13.2. The lowest BCUT2D eigenvalue weighted by Gasteiger charge is -2.29. The minimum absolute atomic E-state index is 0.120. The minimum atomic E-state index is -1.20. The first-order valence-corrected chi connectivity index (χ1v) is 13.3. The van der Waals surface area contributed by atoms with Crippen LogP contribution in [0.15, 0.2) is 12.5 Å². The van der Waals surface area contributed by atoms with Gasteiger partial charge in [-0.15, -0.1) is 0 Å². The van der Waals surface area contributed by atoms with Gasteiger partial charge in [0.15, 0.2) is 0 Å². The van der Waals surface area contributed by atoms with Crippen LogP contribution in [0.4, 0.5) is 0 Å². The third-order valence-corrected chi connectivity index (χ3v) is 6.99. The Bertz CT molecular complexity index is 1060. The van der Waals surface area contributed by atoms with E-state index in [1.165, 1.54) is 24.3 Å². The molecule has 2 heterocycles. The highest BCUT2D eigenvalue weighted by molar-refractivity contribution is 5.95. The SMILES string of the molecule is CC[C@H](C)[C@H](NC(=O)[C@@H]1CCCN1C(=O)[C@H](C)NC(=O)[C@H](CCC(N)=O)NC(=O)[C@@H](N)Cc1cnc[nH]1)C(=O)O. The summed E-state index contributed by atoms with van der Waals surface area (Å²) in [7, 11) is 0. The van der Waals surface area contributed by atoms with Crippen molar-refractivity contribution in [1.29, 1.82) is 0 Å². The first-order chi connectivity index (χ1) is 18.8. The van der Waals surface area contributed by atoms with Crippen molar-refractivity contribution >= 4 is 35.5 Å². The molecule has 0 spiro atoms. The quantitative estimate of drug-likeness (QED) is 0.126. The van der Waals surface area contributed by atoms with Gasteiger partial charge in [-0.1, -0.05) is 20.3 Å². The molecule has 222 valence electrons. The molecule has 0 aliphatic carbocycles. The summed E-state index contributed by atoms with van der Waals surface area (Å²) >= 11 is 0. The highest BCUT2D eigenvalue weighted by Gasteiger charge is 2.39. The Morgan fingerprint density at radius 2 is 1.85 bits per heavy atom. The zero-order valence-corrected chi connectivity index (χ0v) is 23.0. The number of aromatic amines is 1. The Balaban J connectivity index is 2.05. The summed E-state index contributed by atoms with van der Waals surface area (Å²) in [4.78, 5) is 82.9. The van der Waals surface area contributed by atoms with Crippen molar-refractivity contribution in [2.24, 2.45) is 17.4 Å². The van der Waals surface area contributed by atoms with E-state index in [9.17, 15) is 33.9 Å². The molecule has 1 aliphatic heterocycles. The summed E-state index contributed by atoms with van der Waals surface area (Å²) in [5, 5.41) is 17.1. The Morgan fingerprint density at radius 3 is 2.42 bits per heavy atom. The monoisotopic (exact) mass is 564 g/mol. The summed E-state index contributed by atoms with van der Waals surface area (Å²) in [6, 6.07) is -5.28. The number of aliphatic carboxylic acids is 1. The van der Waals surface area contributed by atoms with Gasteiger partial charge < -0.3 is 42.4 Å². The van der Waals surface area contributed by atoms with Crippen LogP contribution in [0.5, 0.6) is 0 Å². The van der Waals surface area contributed by atoms with Crippen molar-refractivity contribution in [3.63, 3.8) is 0 Å². The number of likely N-dealkylation sites (tertiary alicyclic amines) is 1. The van der Waals surface area contributed by atoms with Crippen LogP contribution in [0, 0.1) is 5.92 Å². The molecule has 1 fully saturated rings. The third-order valence-electron chi connectivity index (χ3n) is 6.99. The van der Waals surface area contributed by atoms with Crippen molar-refractivity contribution in [2.75, 3.05) is 6.54 Å². The molecule has 15 nitrogen and oxygen atoms in total. The zero-order chi connectivity index (χ0) is 30.0. The number of nitrogens with one attached hydrogen (secondary N) is 4. The predicted octanol–water partition coefficient (Wildman–Crippen LogP) is -1.86. The first kappa shape index (κ1) is 32.2. The summed E-state index contributed by atoms with van der Waals surface area (Å²) in [5.74, 6) is -4.65. The standard InChI is InChI=1S/C25H40N8O7/c1-4-13(2)20(25(39)40)32-23(37)18-6-5-9-33(18)24(38)14(3)30-22(36)17(7-8-19(27)34)31-21(35)16(26)10-15-11-28-12-29-15/h11-14,16-18,20H,4-10,26H2,1-3H3,(H2,27,34)(H,28,29)(H,30,36)(H,31,35)(H,32,37)(H,39,40)/t13-,14-,16-,17-,18-,20-/m0/s1. The molecular formula is C25H40N8O7. The van der Waals surface area contributed by atoms with Crippen LogP contribution in [0.1, 0.15) is 58.6 Å². The molecule has 6 atom stereocenters. The van der Waals surface area contributed by atoms with E-state index in [0.717, 1.165) is 0 Å². The number of aromatic nitrogens is 2. The van der Waals surface area contributed by atoms with E-state index in [0.29, 0.717) is 25.0 Å². The number of rotatable bonds is 15. The first-order valence-electron chi connectivity index (χ1n) is 13.3. The molecule has 0 radical (unpaired) electrons. The number of hydrogen-bond donors (Lipinski definition) is 7. The number of nitrogens with zero attached hydrogens (tertiary/aromatic N) is 2. The summed E-state index contributed by atoms with van der Waals surface area (Å²) < 4.78 is 0. The second kappa shape index (κ2) is 15.0. The number of carbonyl (C=O) groups is 6. The molecule has 1 saturated heterocycles. The van der Waals surface area contributed by atoms with Gasteiger partial charge in [-0.05, 0) is 32.1 Å². The van der Waals surface area contributed by atoms with Crippen molar-refractivity contribution in [3.8, 4) is 0 Å². The zero-order valence-electron chi connectivity index (χ0n) is 23.0. The van der Waals surface area contributed by atoms with E-state index < -0.39 is 65.7 Å². The fourth-order valence-electron chi connectivity index (χ4n) is 4.42. The van der Waals surface area contributed by atoms with Gasteiger partial charge in [0, 0.05) is 31.3 Å². The van der Waals surface area contributed by atoms with Gasteiger partial charge in [0.05, 0.1) is 12.4 Å². The van der Waals surface area contributed by atoms with E-state index in [1.54, 1.807) is 6.92 Å². The van der Waals surface area contributed by atoms with Crippen LogP contribution in [-0.4, -0.2) is 92.2 Å². The Hall–Kier alpha value is -4.01. The molecular weight excluding hydrogens is 524 g/mol. The second-order valence-corrected chi connectivity index (χ2v) is 10.1. The number of nitrogens with two attached hydrogens (primary N) is 2. The van der Waals surface area contributed by atoms with Crippen molar-refractivity contribution < 1.29 is 33.9 Å². The molecule has 5 amide bonds. The van der Waals surface area contributed by atoms with Gasteiger partial charge in [0.25, 0.3) is 0 Å². The lowest BCUT2D eigenvalue weighted by atomic mass is 9.98. The average molecular weight is 565 g/mol. The molecule has 0 saturated carbocycles. The highest BCUT2D eigenvalue weighted by atomic mass is 16.4. The lowest BCUT2D eigenvalue weighted by Crippen LogP contribution is -2.58. The molecule has 1 aliphatic rings. The van der Waals surface area contributed by atoms with Crippen molar-refractivity contribution in [3.05, 3.63) is 18.2 Å². The van der Waals surface area contributed by atoms with Gasteiger partial charge in [0.2, 0.25) is 29.5 Å². The molecule has 1 aromatic rings. The lowest BCUT2D eigenvalue weighted by molar-refractivity contribution is -0.146. The fraction of sp³-hybridized carbons (Fsp3) is 0.640. The molecule has 2 rings (SSSR count). The number of carbonyl (C=O) groups excluding carboxylic acids is 5. The summed E-state index contributed by atoms with van der Waals surface area (Å²) in [6.07, 6.45) is 4.16. The number of H-pyrrole nitrogens is 1. The number of amides is 5. The van der Waals surface area contributed by atoms with Gasteiger partial charge in [-0.2, -0.15) is 0 Å². The average Bonchev–Trinajstić information content (AvgIpc) is 3.60.